The van der Waals surface area contributed by atoms with Gasteiger partial charge in [0.2, 0.25) is 5.91 Å². The number of carbonyl (C=O) groups is 3. The van der Waals surface area contributed by atoms with Gasteiger partial charge in [-0.15, -0.1) is 0 Å². The lowest BCUT2D eigenvalue weighted by Crippen LogP contribution is -2.70. The summed E-state index contributed by atoms with van der Waals surface area (Å²) in [5, 5.41) is 1.63. The summed E-state index contributed by atoms with van der Waals surface area (Å²) < 4.78 is 216. The maximum absolute atomic E-state index is 13.5. The van der Waals surface area contributed by atoms with Gasteiger partial charge in [0.15, 0.2) is 0 Å². The molecule has 13 nitrogen and oxygen atoms in total. The van der Waals surface area contributed by atoms with Crippen LogP contribution in [0.1, 0.15) is 158 Å². The summed E-state index contributed by atoms with van der Waals surface area (Å²) in [7, 11) is 1.64. The first-order valence-corrected chi connectivity index (χ1v) is 26.7. The van der Waals surface area contributed by atoms with Crippen LogP contribution in [0.5, 0.6) is 0 Å². The Morgan fingerprint density at radius 1 is 0.500 bits per heavy atom. The van der Waals surface area contributed by atoms with E-state index in [1.807, 2.05) is 27.7 Å². The fraction of sp³-hybridized carbons (Fsp3) is 0.948. The van der Waals surface area contributed by atoms with E-state index in [9.17, 15) is 71.5 Å². The number of rotatable bonds is 35. The second-order valence-corrected chi connectivity index (χ2v) is 21.5. The second-order valence-electron chi connectivity index (χ2n) is 21.5. The molecule has 0 aromatic heterocycles. The quantitative estimate of drug-likeness (QED) is 0.0279. The summed E-state index contributed by atoms with van der Waals surface area (Å²) in [6.45, 7) is 19.4. The molecule has 0 heterocycles. The summed E-state index contributed by atoms with van der Waals surface area (Å²) in [5.74, 6) is -32.7. The van der Waals surface area contributed by atoms with Gasteiger partial charge >= 0.3 is 47.7 Å². The molecule has 4 rings (SSSR count). The Bertz CT molecular complexity index is 1780. The van der Waals surface area contributed by atoms with Gasteiger partial charge in [-0.05, 0) is 101 Å². The van der Waals surface area contributed by atoms with Crippen LogP contribution in [0, 0.1) is 52.3 Å². The third kappa shape index (κ3) is 24.3. The molecule has 84 heavy (non-hydrogen) atoms. The van der Waals surface area contributed by atoms with E-state index in [1.165, 1.54) is 52.9 Å². The van der Waals surface area contributed by atoms with Crippen molar-refractivity contribution in [3.05, 3.63) is 0 Å². The molecule has 0 radical (unpaired) electrons. The van der Waals surface area contributed by atoms with E-state index in [0.717, 1.165) is 42.4 Å². The molecule has 26 heteroatoms. The summed E-state index contributed by atoms with van der Waals surface area (Å²) in [6, 6.07) is 0. The minimum atomic E-state index is -7.92. The van der Waals surface area contributed by atoms with Gasteiger partial charge < -0.3 is 47.9 Å². The minimum Gasteiger partial charge on any atom is -0.463 e. The molecule has 4 aliphatic rings. The van der Waals surface area contributed by atoms with Crippen LogP contribution in [0.4, 0.5) is 57.1 Å². The lowest BCUT2D eigenvalue weighted by Gasteiger charge is -2.39. The lowest BCUT2D eigenvalue weighted by atomic mass is 9.70. The molecule has 8 unspecified atom stereocenters. The monoisotopic (exact) mass is 1260 g/mol. The first-order valence-electron chi connectivity index (χ1n) is 26.7. The largest absolute Gasteiger partial charge is 0.463 e. The van der Waals surface area contributed by atoms with Crippen molar-refractivity contribution in [2.45, 2.75) is 200 Å². The van der Waals surface area contributed by atoms with Crippen LogP contribution in [0.3, 0.4) is 0 Å². The third-order valence-electron chi connectivity index (χ3n) is 15.4. The highest BCUT2D eigenvalue weighted by atomic mass is 19.4. The Labute approximate surface area is 494 Å². The van der Waals surface area contributed by atoms with Crippen LogP contribution in [-0.2, 0) is 57.0 Å². The van der Waals surface area contributed by atoms with Gasteiger partial charge in [-0.1, -0.05) is 86.1 Å². The zero-order valence-corrected chi connectivity index (χ0v) is 46.4. The van der Waals surface area contributed by atoms with Gasteiger partial charge in [0.25, 0.3) is 0 Å². The summed E-state index contributed by atoms with van der Waals surface area (Å²) in [6.07, 6.45) is -0.929. The maximum atomic E-state index is 13.5. The molecule has 1 N–H and O–H groups in total. The molecule has 4 aliphatic carbocycles. The number of esters is 2. The van der Waals surface area contributed by atoms with Crippen molar-refractivity contribution in [2.24, 2.45) is 52.3 Å². The molecule has 0 aromatic rings. The first-order chi connectivity index (χ1) is 36.2. The van der Waals surface area contributed by atoms with Crippen molar-refractivity contribution in [3.63, 3.8) is 0 Å². The number of ether oxygens (including phenoxy) is 9. The van der Waals surface area contributed by atoms with Gasteiger partial charge in [0, 0.05) is 25.5 Å². The summed E-state index contributed by atoms with van der Waals surface area (Å²) >= 11 is 0. The van der Waals surface area contributed by atoms with Crippen molar-refractivity contribution in [2.75, 3.05) is 106 Å². The summed E-state index contributed by atoms with van der Waals surface area (Å²) in [4.78, 5) is 35.4. The normalized spacial score (nSPS) is 21.1. The standard InChI is InChI=1S/C20H40O9.C18H28O2.C14H16F13NO.6CH4/c1-4-19(2)20(21)29-18-17-28-16-15-27-14-13-26-12-11-25-10-9-24-8-7-23-6-5-22-3;1-4-18(2,3)17(19)20-14-9-12-8-13(14)16-11-6-5-10(7-11)15(12)16;1-4-8(2,3)7(29)28-6-5-9(15,16)10(17,18)11(19,20)12(21,22)13(23,24)14(25,26)27;;;;;;/h19H,4-18H2,1-3H3;10-16H,4-9H2,1-3H3;4-6H2,1-3H3,(H,28,29);6*1H4. The number of amides is 1. The second kappa shape index (κ2) is 40.0. The molecule has 0 aliphatic heterocycles. The number of methoxy groups -OCH3 is 1. The molecule has 4 fully saturated rings. The average Bonchev–Trinajstić information content (AvgIpc) is 4.19. The fourth-order valence-electron chi connectivity index (χ4n) is 9.63. The van der Waals surface area contributed by atoms with Gasteiger partial charge in [-0.3, -0.25) is 14.4 Å². The molecular weight excluding hydrogens is 1150 g/mol. The Hall–Kier alpha value is -2.78. The summed E-state index contributed by atoms with van der Waals surface area (Å²) in [5.41, 5.74) is -1.53. The number of hydrogen-bond acceptors (Lipinski definition) is 12. The predicted octanol–water partition coefficient (Wildman–Crippen LogP) is 14.8. The number of carbonyl (C=O) groups excluding carboxylic acids is 3. The van der Waals surface area contributed by atoms with Crippen LogP contribution in [-0.4, -0.2) is 166 Å². The molecule has 4 bridgehead atoms. The van der Waals surface area contributed by atoms with E-state index in [2.05, 4.69) is 6.92 Å². The highest BCUT2D eigenvalue weighted by Gasteiger charge is 2.90. The van der Waals surface area contributed by atoms with Gasteiger partial charge in [0.1, 0.15) is 12.7 Å². The van der Waals surface area contributed by atoms with Crippen LogP contribution < -0.4 is 5.32 Å². The fourth-order valence-corrected chi connectivity index (χ4v) is 9.63. The Balaban J connectivity index is -0.000000363. The van der Waals surface area contributed by atoms with E-state index in [0.29, 0.717) is 91.8 Å². The van der Waals surface area contributed by atoms with Crippen LogP contribution in [0.15, 0.2) is 0 Å². The van der Waals surface area contributed by atoms with Crippen LogP contribution in [0.25, 0.3) is 0 Å². The molecule has 8 atom stereocenters. The van der Waals surface area contributed by atoms with Crippen LogP contribution in [0.2, 0.25) is 0 Å². The number of alkyl halides is 13. The van der Waals surface area contributed by atoms with Crippen molar-refractivity contribution in [1.29, 1.82) is 0 Å². The molecule has 0 spiro atoms. The molecule has 0 aromatic carbocycles. The molecular formula is C58H108F13NO12. The molecule has 1 amide bonds. The van der Waals surface area contributed by atoms with Gasteiger partial charge in [0.05, 0.1) is 97.2 Å². The number of hydrogen-bond donors (Lipinski definition) is 1. The molecule has 4 saturated carbocycles. The zero-order valence-electron chi connectivity index (χ0n) is 46.4. The highest BCUT2D eigenvalue weighted by molar-refractivity contribution is 5.81. The van der Waals surface area contributed by atoms with Crippen molar-refractivity contribution in [1.82, 2.24) is 5.32 Å². The average molecular weight is 1260 g/mol. The topological polar surface area (TPSA) is 146 Å². The first kappa shape index (κ1) is 90.0. The zero-order chi connectivity index (χ0) is 59.4. The number of fused-ring (bicyclic) bond motifs is 9. The smallest absolute Gasteiger partial charge is 0.460 e. The Kier molecular flexibility index (Phi) is 42.8. The third-order valence-corrected chi connectivity index (χ3v) is 15.4. The van der Waals surface area contributed by atoms with E-state index in [1.54, 1.807) is 12.4 Å². The number of halogens is 13. The minimum absolute atomic E-state index is 0. The lowest BCUT2D eigenvalue weighted by molar-refractivity contribution is -0.440. The molecule has 508 valence electrons. The Morgan fingerprint density at radius 3 is 1.29 bits per heavy atom. The number of nitrogens with one attached hydrogen (secondary N) is 1. The van der Waals surface area contributed by atoms with Crippen molar-refractivity contribution >= 4 is 17.8 Å². The van der Waals surface area contributed by atoms with E-state index in [-0.39, 0.29) is 87.0 Å². The van der Waals surface area contributed by atoms with E-state index >= 15 is 0 Å². The highest BCUT2D eigenvalue weighted by Crippen LogP contribution is 2.68. The Morgan fingerprint density at radius 2 is 0.893 bits per heavy atom. The van der Waals surface area contributed by atoms with Crippen molar-refractivity contribution in [3.8, 4) is 0 Å². The van der Waals surface area contributed by atoms with Crippen LogP contribution >= 0.6 is 0 Å². The van der Waals surface area contributed by atoms with E-state index < -0.39 is 60.1 Å². The SMILES string of the molecule is C.C.C.C.C.C.CCC(C)(C)C(=O)NCCC(F)(F)C(F)(F)C(F)(F)C(F)(F)C(F)(F)C(F)(F)F.CCC(C)(C)C(=O)OC1CC2CC1C1C3CCC(C3)C21.CCC(C)C(=O)OCCOCCOCCOCCOCCOCCOCCOC. The predicted molar refractivity (Wildman–Crippen MR) is 298 cm³/mol. The van der Waals surface area contributed by atoms with Gasteiger partial charge in [-0.2, -0.15) is 57.1 Å². The van der Waals surface area contributed by atoms with Gasteiger partial charge in [-0.25, -0.2) is 0 Å². The molecule has 0 saturated heterocycles. The van der Waals surface area contributed by atoms with E-state index in [4.69, 9.17) is 42.6 Å². The maximum Gasteiger partial charge on any atom is 0.460 e. The van der Waals surface area contributed by atoms with Crippen molar-refractivity contribution < 1.29 is 114 Å².